The number of halogens is 2. The SMILES string of the molecule is Fc1ccc(CNCCc2nccs2)c(F)c1. The zero-order chi connectivity index (χ0) is 12.1. The van der Waals surface area contributed by atoms with E-state index >= 15 is 0 Å². The van der Waals surface area contributed by atoms with Gasteiger partial charge in [-0.25, -0.2) is 13.8 Å². The lowest BCUT2D eigenvalue weighted by atomic mass is 10.2. The lowest BCUT2D eigenvalue weighted by Gasteiger charge is -2.05. The summed E-state index contributed by atoms with van der Waals surface area (Å²) in [7, 11) is 0. The third kappa shape index (κ3) is 3.57. The summed E-state index contributed by atoms with van der Waals surface area (Å²) < 4.78 is 25.9. The summed E-state index contributed by atoms with van der Waals surface area (Å²) in [5.74, 6) is -1.05. The van der Waals surface area contributed by atoms with Crippen molar-refractivity contribution in [2.45, 2.75) is 13.0 Å². The first-order valence-corrected chi connectivity index (χ1v) is 6.16. The van der Waals surface area contributed by atoms with Crippen molar-refractivity contribution in [2.75, 3.05) is 6.54 Å². The molecule has 5 heteroatoms. The van der Waals surface area contributed by atoms with E-state index in [0.717, 1.165) is 24.0 Å². The van der Waals surface area contributed by atoms with Crippen LogP contribution in [-0.2, 0) is 13.0 Å². The van der Waals surface area contributed by atoms with Crippen molar-refractivity contribution in [1.82, 2.24) is 10.3 Å². The van der Waals surface area contributed by atoms with Crippen LogP contribution in [0.1, 0.15) is 10.6 Å². The Labute approximate surface area is 102 Å². The smallest absolute Gasteiger partial charge is 0.130 e. The van der Waals surface area contributed by atoms with Gasteiger partial charge in [-0.1, -0.05) is 6.07 Å². The molecule has 1 aromatic carbocycles. The van der Waals surface area contributed by atoms with Crippen molar-refractivity contribution in [3.05, 3.63) is 52.0 Å². The third-order valence-corrected chi connectivity index (χ3v) is 3.17. The quantitative estimate of drug-likeness (QED) is 0.830. The molecule has 1 aromatic heterocycles. The molecule has 1 N–H and O–H groups in total. The molecule has 0 unspecified atom stereocenters. The van der Waals surface area contributed by atoms with E-state index in [1.54, 1.807) is 17.5 Å². The average molecular weight is 254 g/mol. The average Bonchev–Trinajstić information content (AvgIpc) is 2.79. The Morgan fingerprint density at radius 3 is 2.88 bits per heavy atom. The van der Waals surface area contributed by atoms with E-state index in [4.69, 9.17) is 0 Å². The maximum absolute atomic E-state index is 13.3. The number of rotatable bonds is 5. The first-order chi connectivity index (χ1) is 8.25. The molecule has 2 aromatic rings. The Morgan fingerprint density at radius 1 is 1.29 bits per heavy atom. The molecule has 0 saturated carbocycles. The van der Waals surface area contributed by atoms with E-state index < -0.39 is 11.6 Å². The van der Waals surface area contributed by atoms with Crippen LogP contribution >= 0.6 is 11.3 Å². The maximum atomic E-state index is 13.3. The van der Waals surface area contributed by atoms with Crippen LogP contribution in [0.4, 0.5) is 8.78 Å². The number of benzene rings is 1. The van der Waals surface area contributed by atoms with Gasteiger partial charge in [-0.3, -0.25) is 0 Å². The van der Waals surface area contributed by atoms with Crippen molar-refractivity contribution in [3.8, 4) is 0 Å². The van der Waals surface area contributed by atoms with Crippen LogP contribution in [-0.4, -0.2) is 11.5 Å². The monoisotopic (exact) mass is 254 g/mol. The molecule has 0 saturated heterocycles. The Hall–Kier alpha value is -1.33. The van der Waals surface area contributed by atoms with Crippen molar-refractivity contribution >= 4 is 11.3 Å². The summed E-state index contributed by atoms with van der Waals surface area (Å²) in [6, 6.07) is 3.62. The summed E-state index contributed by atoms with van der Waals surface area (Å²) in [5, 5.41) is 6.08. The van der Waals surface area contributed by atoms with Crippen molar-refractivity contribution in [1.29, 1.82) is 0 Å². The highest BCUT2D eigenvalue weighted by atomic mass is 32.1. The van der Waals surface area contributed by atoms with E-state index in [1.165, 1.54) is 12.1 Å². The molecule has 0 aliphatic heterocycles. The molecule has 2 rings (SSSR count). The summed E-state index contributed by atoms with van der Waals surface area (Å²) in [6.45, 7) is 1.13. The summed E-state index contributed by atoms with van der Waals surface area (Å²) >= 11 is 1.60. The lowest BCUT2D eigenvalue weighted by Crippen LogP contribution is -2.17. The fraction of sp³-hybridized carbons (Fsp3) is 0.250. The van der Waals surface area contributed by atoms with Crippen molar-refractivity contribution in [2.24, 2.45) is 0 Å². The second kappa shape index (κ2) is 5.84. The highest BCUT2D eigenvalue weighted by Gasteiger charge is 2.03. The molecule has 0 aliphatic rings. The van der Waals surface area contributed by atoms with Gasteiger partial charge in [0.05, 0.1) is 5.01 Å². The normalized spacial score (nSPS) is 10.7. The van der Waals surface area contributed by atoms with Gasteiger partial charge in [0.2, 0.25) is 0 Å². The lowest BCUT2D eigenvalue weighted by molar-refractivity contribution is 0.560. The Balaban J connectivity index is 1.78. The van der Waals surface area contributed by atoms with E-state index in [9.17, 15) is 8.78 Å². The van der Waals surface area contributed by atoms with E-state index in [-0.39, 0.29) is 0 Å². The van der Waals surface area contributed by atoms with Crippen molar-refractivity contribution in [3.63, 3.8) is 0 Å². The van der Waals surface area contributed by atoms with Crippen LogP contribution in [0.5, 0.6) is 0 Å². The molecule has 17 heavy (non-hydrogen) atoms. The Morgan fingerprint density at radius 2 is 2.18 bits per heavy atom. The van der Waals surface area contributed by atoms with Gasteiger partial charge >= 0.3 is 0 Å². The number of hydrogen-bond acceptors (Lipinski definition) is 3. The molecule has 0 fully saturated rings. The standard InChI is InChI=1S/C12H12F2N2S/c13-10-2-1-9(11(14)7-10)8-15-4-3-12-16-5-6-17-12/h1-2,5-7,15H,3-4,8H2. The molecule has 2 nitrogen and oxygen atoms in total. The van der Waals surface area contributed by atoms with Gasteiger partial charge in [-0.15, -0.1) is 11.3 Å². The second-order valence-electron chi connectivity index (χ2n) is 3.59. The largest absolute Gasteiger partial charge is 0.312 e. The number of thiazole rings is 1. The molecule has 90 valence electrons. The topological polar surface area (TPSA) is 24.9 Å². The number of hydrogen-bond donors (Lipinski definition) is 1. The number of nitrogens with one attached hydrogen (secondary N) is 1. The molecule has 0 spiro atoms. The minimum Gasteiger partial charge on any atom is -0.312 e. The summed E-state index contributed by atoms with van der Waals surface area (Å²) in [4.78, 5) is 4.14. The Kier molecular flexibility index (Phi) is 4.17. The van der Waals surface area contributed by atoms with E-state index in [0.29, 0.717) is 12.1 Å². The molecular weight excluding hydrogens is 242 g/mol. The molecule has 0 radical (unpaired) electrons. The molecule has 0 aliphatic carbocycles. The molecule has 1 heterocycles. The summed E-state index contributed by atoms with van der Waals surface area (Å²) in [6.07, 6.45) is 2.58. The van der Waals surface area contributed by atoms with Crippen LogP contribution in [0.3, 0.4) is 0 Å². The molecule has 0 atom stereocenters. The van der Waals surface area contributed by atoms with Gasteiger partial charge in [0, 0.05) is 42.7 Å². The van der Waals surface area contributed by atoms with Crippen LogP contribution in [0, 0.1) is 11.6 Å². The first-order valence-electron chi connectivity index (χ1n) is 5.29. The van der Waals surface area contributed by atoms with Gasteiger partial charge in [0.25, 0.3) is 0 Å². The van der Waals surface area contributed by atoms with Gasteiger partial charge in [-0.2, -0.15) is 0 Å². The minimum absolute atomic E-state index is 0.400. The first kappa shape index (κ1) is 12.1. The van der Waals surface area contributed by atoms with E-state index in [1.807, 2.05) is 5.38 Å². The van der Waals surface area contributed by atoms with Gasteiger partial charge in [0.1, 0.15) is 11.6 Å². The zero-order valence-electron chi connectivity index (χ0n) is 9.12. The third-order valence-electron chi connectivity index (χ3n) is 2.33. The number of aromatic nitrogens is 1. The predicted molar refractivity (Wildman–Crippen MR) is 63.9 cm³/mol. The Bertz CT molecular complexity index is 471. The van der Waals surface area contributed by atoms with Gasteiger partial charge < -0.3 is 5.32 Å². The molecule has 0 amide bonds. The van der Waals surface area contributed by atoms with Gasteiger partial charge in [0.15, 0.2) is 0 Å². The summed E-state index contributed by atoms with van der Waals surface area (Å²) in [5.41, 5.74) is 0.477. The highest BCUT2D eigenvalue weighted by molar-refractivity contribution is 7.09. The minimum atomic E-state index is -0.547. The van der Waals surface area contributed by atoms with Crippen LogP contribution < -0.4 is 5.32 Å². The zero-order valence-corrected chi connectivity index (χ0v) is 9.94. The van der Waals surface area contributed by atoms with Gasteiger partial charge in [-0.05, 0) is 6.07 Å². The van der Waals surface area contributed by atoms with Crippen molar-refractivity contribution < 1.29 is 8.78 Å². The fourth-order valence-electron chi connectivity index (χ4n) is 1.46. The predicted octanol–water partition coefficient (Wildman–Crippen LogP) is 2.75. The highest BCUT2D eigenvalue weighted by Crippen LogP contribution is 2.09. The fourth-order valence-corrected chi connectivity index (χ4v) is 2.08. The molecular formula is C12H12F2N2S. The van der Waals surface area contributed by atoms with Crippen LogP contribution in [0.2, 0.25) is 0 Å². The molecule has 0 bridgehead atoms. The second-order valence-corrected chi connectivity index (χ2v) is 4.57. The van der Waals surface area contributed by atoms with E-state index in [2.05, 4.69) is 10.3 Å². The number of nitrogens with zero attached hydrogens (tertiary/aromatic N) is 1. The maximum Gasteiger partial charge on any atom is 0.130 e. The van der Waals surface area contributed by atoms with Crippen LogP contribution in [0.25, 0.3) is 0 Å². The van der Waals surface area contributed by atoms with Crippen LogP contribution in [0.15, 0.2) is 29.8 Å².